The molecule has 3 aromatic carbocycles. The van der Waals surface area contributed by atoms with Crippen LogP contribution in [0.2, 0.25) is 5.02 Å². The van der Waals surface area contributed by atoms with E-state index in [2.05, 4.69) is 0 Å². The number of hydrogen-bond acceptors (Lipinski definition) is 4. The molecular formula is C28H22ClN3O4. The van der Waals surface area contributed by atoms with Gasteiger partial charge in [0.15, 0.2) is 6.10 Å². The molecule has 36 heavy (non-hydrogen) atoms. The van der Waals surface area contributed by atoms with Crippen molar-refractivity contribution in [2.24, 2.45) is 14.1 Å². The molecule has 0 fully saturated rings. The molecule has 0 saturated carbocycles. The Labute approximate surface area is 211 Å². The first-order valence-corrected chi connectivity index (χ1v) is 11.8. The second kappa shape index (κ2) is 7.90. The molecule has 7 nitrogen and oxygen atoms in total. The van der Waals surface area contributed by atoms with Gasteiger partial charge in [0.1, 0.15) is 11.5 Å². The number of nitrogens with zero attached hydrogens (tertiary/aromatic N) is 3. The van der Waals surface area contributed by atoms with E-state index in [0.717, 1.165) is 21.3 Å². The highest BCUT2D eigenvalue weighted by atomic mass is 35.5. The number of rotatable bonds is 2. The Morgan fingerprint density at radius 1 is 0.917 bits per heavy atom. The van der Waals surface area contributed by atoms with Crippen molar-refractivity contribution in [2.45, 2.75) is 13.0 Å². The van der Waals surface area contributed by atoms with Gasteiger partial charge in [0.25, 0.3) is 5.56 Å². The smallest absolute Gasteiger partial charge is 0.331 e. The van der Waals surface area contributed by atoms with E-state index < -0.39 is 17.4 Å². The van der Waals surface area contributed by atoms with Gasteiger partial charge in [-0.1, -0.05) is 53.6 Å². The summed E-state index contributed by atoms with van der Waals surface area (Å²) >= 11 is 6.43. The van der Waals surface area contributed by atoms with Crippen LogP contribution in [0.15, 0.2) is 76.3 Å². The largest absolute Gasteiger partial charge is 0.508 e. The number of ether oxygens (including phenoxy) is 1. The van der Waals surface area contributed by atoms with E-state index in [-0.39, 0.29) is 5.75 Å². The lowest BCUT2D eigenvalue weighted by atomic mass is 10.0. The minimum atomic E-state index is -0.654. The summed E-state index contributed by atoms with van der Waals surface area (Å²) < 4.78 is 11.1. The molecule has 3 heterocycles. The summed E-state index contributed by atoms with van der Waals surface area (Å²) in [7, 11) is 3.14. The Hall–Kier alpha value is -4.23. The van der Waals surface area contributed by atoms with Gasteiger partial charge in [0, 0.05) is 19.1 Å². The van der Waals surface area contributed by atoms with Gasteiger partial charge < -0.3 is 14.4 Å². The minimum Gasteiger partial charge on any atom is -0.508 e. The number of aromatic nitrogens is 3. The number of benzene rings is 3. The van der Waals surface area contributed by atoms with Crippen molar-refractivity contribution in [2.75, 3.05) is 0 Å². The third-order valence-electron chi connectivity index (χ3n) is 6.78. The van der Waals surface area contributed by atoms with E-state index in [1.54, 1.807) is 49.5 Å². The molecule has 1 N–H and O–H groups in total. The van der Waals surface area contributed by atoms with Crippen LogP contribution in [-0.2, 0) is 14.1 Å². The van der Waals surface area contributed by atoms with Crippen LogP contribution < -0.4 is 16.0 Å². The zero-order chi connectivity index (χ0) is 25.3. The SMILES string of the molecule is Cc1ccc(-c2c3c(=O)n(C)c(=O)n(C)c3c3n2-c2cc(Cl)ccc2O[C@H]3c2ccc(O)cc2)cc1. The maximum Gasteiger partial charge on any atom is 0.331 e. The number of hydrogen-bond donors (Lipinski definition) is 1. The van der Waals surface area contributed by atoms with Gasteiger partial charge in [-0.2, -0.15) is 0 Å². The van der Waals surface area contributed by atoms with E-state index in [9.17, 15) is 14.7 Å². The predicted octanol–water partition coefficient (Wildman–Crippen LogP) is 4.84. The molecule has 1 aliphatic rings. The van der Waals surface area contributed by atoms with Crippen molar-refractivity contribution >= 4 is 22.5 Å². The molecule has 5 aromatic rings. The summed E-state index contributed by atoms with van der Waals surface area (Å²) in [6.45, 7) is 2.00. The first-order valence-electron chi connectivity index (χ1n) is 11.4. The fraction of sp³-hybridized carbons (Fsp3) is 0.143. The Morgan fingerprint density at radius 2 is 1.61 bits per heavy atom. The van der Waals surface area contributed by atoms with E-state index in [1.165, 1.54) is 11.6 Å². The summed E-state index contributed by atoms with van der Waals surface area (Å²) in [6.07, 6.45) is -0.654. The molecule has 0 aliphatic carbocycles. The average molecular weight is 500 g/mol. The lowest BCUT2D eigenvalue weighted by molar-refractivity contribution is 0.229. The van der Waals surface area contributed by atoms with Gasteiger partial charge in [-0.25, -0.2) is 4.79 Å². The summed E-state index contributed by atoms with van der Waals surface area (Å²) in [5, 5.41) is 10.8. The monoisotopic (exact) mass is 499 g/mol. The third kappa shape index (κ3) is 3.13. The fourth-order valence-electron chi connectivity index (χ4n) is 4.99. The lowest BCUT2D eigenvalue weighted by Gasteiger charge is -2.30. The van der Waals surface area contributed by atoms with Gasteiger partial charge in [-0.05, 0) is 48.4 Å². The fourth-order valence-corrected chi connectivity index (χ4v) is 5.16. The predicted molar refractivity (Wildman–Crippen MR) is 140 cm³/mol. The zero-order valence-corrected chi connectivity index (χ0v) is 20.6. The molecular weight excluding hydrogens is 478 g/mol. The van der Waals surface area contributed by atoms with Crippen LogP contribution in [0, 0.1) is 6.92 Å². The van der Waals surface area contributed by atoms with Crippen LogP contribution in [-0.4, -0.2) is 18.8 Å². The normalized spacial score (nSPS) is 14.4. The van der Waals surface area contributed by atoms with Crippen molar-refractivity contribution in [1.29, 1.82) is 0 Å². The maximum absolute atomic E-state index is 13.7. The topological polar surface area (TPSA) is 78.4 Å². The molecule has 180 valence electrons. The standard InChI is InChI=1S/C28H22ClN3O4/c1-15-4-6-16(7-5-15)23-22-24(30(2)28(35)31(3)27(22)34)25-26(17-8-11-19(33)12-9-17)36-21-13-10-18(29)14-20(21)32(23)25/h4-14,26,33H,1-3H3/t26-/m0/s1. The van der Waals surface area contributed by atoms with Crippen molar-refractivity contribution < 1.29 is 9.84 Å². The number of aryl methyl sites for hydroxylation is 2. The molecule has 0 saturated heterocycles. The molecule has 8 heteroatoms. The summed E-state index contributed by atoms with van der Waals surface area (Å²) in [5.41, 5.74) is 4.31. The van der Waals surface area contributed by atoms with Crippen molar-refractivity contribution in [1.82, 2.24) is 13.7 Å². The Kier molecular flexibility index (Phi) is 4.88. The second-order valence-corrected chi connectivity index (χ2v) is 9.50. The van der Waals surface area contributed by atoms with Gasteiger partial charge in [-0.3, -0.25) is 13.9 Å². The van der Waals surface area contributed by atoms with Gasteiger partial charge in [-0.15, -0.1) is 0 Å². The molecule has 0 amide bonds. The molecule has 2 aromatic heterocycles. The van der Waals surface area contributed by atoms with E-state index >= 15 is 0 Å². The second-order valence-electron chi connectivity index (χ2n) is 9.07. The van der Waals surface area contributed by atoms with Crippen LogP contribution in [0.1, 0.15) is 22.9 Å². The number of phenolic OH excluding ortho intramolecular Hbond substituents is 1. The van der Waals surface area contributed by atoms with Crippen molar-refractivity contribution in [3.63, 3.8) is 0 Å². The highest BCUT2D eigenvalue weighted by Gasteiger charge is 2.36. The quantitative estimate of drug-likeness (QED) is 0.377. The first kappa shape index (κ1) is 22.2. The Bertz CT molecular complexity index is 1800. The summed E-state index contributed by atoms with van der Waals surface area (Å²) in [5.74, 6) is 0.712. The Morgan fingerprint density at radius 3 is 2.31 bits per heavy atom. The van der Waals surface area contributed by atoms with E-state index in [0.29, 0.717) is 38.8 Å². The summed E-state index contributed by atoms with van der Waals surface area (Å²) in [6, 6.07) is 20.0. The maximum atomic E-state index is 13.7. The Balaban J connectivity index is 1.86. The van der Waals surface area contributed by atoms with E-state index in [1.807, 2.05) is 35.8 Å². The summed E-state index contributed by atoms with van der Waals surface area (Å²) in [4.78, 5) is 26.8. The molecule has 1 aliphatic heterocycles. The molecule has 6 rings (SSSR count). The zero-order valence-electron chi connectivity index (χ0n) is 19.8. The van der Waals surface area contributed by atoms with Gasteiger partial charge in [0.2, 0.25) is 0 Å². The van der Waals surface area contributed by atoms with Crippen molar-refractivity contribution in [3.8, 4) is 28.4 Å². The lowest BCUT2D eigenvalue weighted by Crippen LogP contribution is -2.37. The van der Waals surface area contributed by atoms with Gasteiger partial charge >= 0.3 is 5.69 Å². The molecule has 0 unspecified atom stereocenters. The number of phenols is 1. The molecule has 0 radical (unpaired) electrons. The molecule has 0 spiro atoms. The first-order chi connectivity index (χ1) is 17.3. The highest BCUT2D eigenvalue weighted by Crippen LogP contribution is 2.47. The molecule has 1 atom stereocenters. The highest BCUT2D eigenvalue weighted by molar-refractivity contribution is 6.30. The van der Waals surface area contributed by atoms with Crippen LogP contribution in [0.3, 0.4) is 0 Å². The van der Waals surface area contributed by atoms with Crippen LogP contribution in [0.5, 0.6) is 11.5 Å². The van der Waals surface area contributed by atoms with E-state index in [4.69, 9.17) is 16.3 Å². The average Bonchev–Trinajstić information content (AvgIpc) is 3.23. The third-order valence-corrected chi connectivity index (χ3v) is 7.02. The van der Waals surface area contributed by atoms with Crippen LogP contribution in [0.4, 0.5) is 0 Å². The number of halogens is 1. The van der Waals surface area contributed by atoms with Crippen LogP contribution >= 0.6 is 11.6 Å². The molecule has 0 bridgehead atoms. The minimum absolute atomic E-state index is 0.128. The van der Waals surface area contributed by atoms with Crippen molar-refractivity contribution in [3.05, 3.63) is 109 Å². The number of aromatic hydroxyl groups is 1. The number of fused-ring (bicyclic) bond motifs is 5. The van der Waals surface area contributed by atoms with Gasteiger partial charge in [0.05, 0.1) is 28.0 Å². The van der Waals surface area contributed by atoms with Crippen LogP contribution in [0.25, 0.3) is 27.8 Å².